The van der Waals surface area contributed by atoms with E-state index in [0.29, 0.717) is 5.82 Å². The normalized spacial score (nSPS) is 11.3. The highest BCUT2D eigenvalue weighted by atomic mass is 15.3. The van der Waals surface area contributed by atoms with Crippen LogP contribution in [0.25, 0.3) is 22.4 Å². The number of nitrogens with zero attached hydrogens (tertiary/aromatic N) is 7. The van der Waals surface area contributed by atoms with E-state index in [2.05, 4.69) is 39.0 Å². The van der Waals surface area contributed by atoms with Crippen molar-refractivity contribution in [2.24, 2.45) is 7.05 Å². The van der Waals surface area contributed by atoms with E-state index in [-0.39, 0.29) is 0 Å². The Hall–Kier alpha value is -2.54. The van der Waals surface area contributed by atoms with E-state index in [1.807, 2.05) is 32.4 Å². The highest BCUT2D eigenvalue weighted by molar-refractivity contribution is 5.88. The van der Waals surface area contributed by atoms with Crippen molar-refractivity contribution in [3.8, 4) is 11.4 Å². The molecule has 3 heterocycles. The minimum absolute atomic E-state index is 0.668. The van der Waals surface area contributed by atoms with Crippen LogP contribution in [0.4, 0.5) is 5.82 Å². The van der Waals surface area contributed by atoms with Gasteiger partial charge in [-0.3, -0.25) is 9.67 Å². The minimum Gasteiger partial charge on any atom is -0.358 e. The van der Waals surface area contributed by atoms with Gasteiger partial charge >= 0.3 is 0 Å². The summed E-state index contributed by atoms with van der Waals surface area (Å²) in [6, 6.07) is 3.86. The van der Waals surface area contributed by atoms with Crippen molar-refractivity contribution < 1.29 is 0 Å². The number of aromatic nitrogens is 5. The summed E-state index contributed by atoms with van der Waals surface area (Å²) >= 11 is 0. The molecule has 3 aromatic rings. The van der Waals surface area contributed by atoms with Gasteiger partial charge in [0.05, 0.1) is 11.6 Å². The van der Waals surface area contributed by atoms with Crippen LogP contribution in [0.3, 0.4) is 0 Å². The number of fused-ring (bicyclic) bond motifs is 1. The maximum Gasteiger partial charge on any atom is 0.165 e. The molecular formula is C16H21N7. The van der Waals surface area contributed by atoms with Crippen LogP contribution >= 0.6 is 0 Å². The molecule has 0 N–H and O–H groups in total. The van der Waals surface area contributed by atoms with Crippen LogP contribution in [-0.4, -0.2) is 63.9 Å². The van der Waals surface area contributed by atoms with E-state index in [0.717, 1.165) is 35.5 Å². The molecule has 3 rings (SSSR count). The molecule has 0 spiro atoms. The van der Waals surface area contributed by atoms with E-state index in [4.69, 9.17) is 4.98 Å². The molecule has 0 aliphatic heterocycles. The molecule has 7 nitrogen and oxygen atoms in total. The van der Waals surface area contributed by atoms with Gasteiger partial charge in [0.2, 0.25) is 0 Å². The maximum absolute atomic E-state index is 4.77. The summed E-state index contributed by atoms with van der Waals surface area (Å²) in [4.78, 5) is 17.9. The number of aryl methyl sites for hydroxylation is 1. The smallest absolute Gasteiger partial charge is 0.165 e. The van der Waals surface area contributed by atoms with Gasteiger partial charge in [-0.05, 0) is 26.2 Å². The molecule has 0 saturated heterocycles. The molecule has 7 heteroatoms. The first kappa shape index (κ1) is 15.4. The topological polar surface area (TPSA) is 63.0 Å². The molecule has 0 atom stereocenters. The lowest BCUT2D eigenvalue weighted by molar-refractivity contribution is 0.416. The number of hydrogen-bond acceptors (Lipinski definition) is 6. The number of anilines is 1. The average molecular weight is 311 g/mol. The summed E-state index contributed by atoms with van der Waals surface area (Å²) in [7, 11) is 8.07. The summed E-state index contributed by atoms with van der Waals surface area (Å²) in [6.45, 7) is 1.82. The highest BCUT2D eigenvalue weighted by Crippen LogP contribution is 2.26. The minimum atomic E-state index is 0.668. The van der Waals surface area contributed by atoms with Crippen LogP contribution in [0.5, 0.6) is 0 Å². The molecule has 0 fully saturated rings. The van der Waals surface area contributed by atoms with E-state index >= 15 is 0 Å². The highest BCUT2D eigenvalue weighted by Gasteiger charge is 2.15. The van der Waals surface area contributed by atoms with Crippen LogP contribution in [-0.2, 0) is 7.05 Å². The van der Waals surface area contributed by atoms with E-state index in [1.165, 1.54) is 0 Å². The molecule has 0 aliphatic rings. The molecule has 0 amide bonds. The van der Waals surface area contributed by atoms with Gasteiger partial charge in [0.15, 0.2) is 11.5 Å². The van der Waals surface area contributed by atoms with Crippen molar-refractivity contribution >= 4 is 16.9 Å². The largest absolute Gasteiger partial charge is 0.358 e. The molecule has 0 bridgehead atoms. The van der Waals surface area contributed by atoms with Gasteiger partial charge in [0.1, 0.15) is 5.82 Å². The van der Waals surface area contributed by atoms with Crippen molar-refractivity contribution in [1.29, 1.82) is 0 Å². The third kappa shape index (κ3) is 3.14. The van der Waals surface area contributed by atoms with E-state index < -0.39 is 0 Å². The zero-order valence-corrected chi connectivity index (χ0v) is 13.9. The van der Waals surface area contributed by atoms with Gasteiger partial charge in [-0.2, -0.15) is 5.10 Å². The predicted octanol–water partition coefficient (Wildman–Crippen LogP) is 1.42. The Balaban J connectivity index is 2.08. The van der Waals surface area contributed by atoms with E-state index in [1.54, 1.807) is 17.1 Å². The molecule has 0 aromatic carbocycles. The second kappa shape index (κ2) is 6.29. The van der Waals surface area contributed by atoms with Gasteiger partial charge in [0.25, 0.3) is 0 Å². The number of rotatable bonds is 5. The fourth-order valence-corrected chi connectivity index (χ4v) is 2.38. The molecular weight excluding hydrogens is 290 g/mol. The zero-order valence-electron chi connectivity index (χ0n) is 13.9. The molecule has 0 aliphatic carbocycles. The Morgan fingerprint density at radius 3 is 2.61 bits per heavy atom. The lowest BCUT2D eigenvalue weighted by Crippen LogP contribution is -2.29. The molecule has 0 saturated carbocycles. The van der Waals surface area contributed by atoms with Crippen LogP contribution in [0, 0.1) is 0 Å². The summed E-state index contributed by atoms with van der Waals surface area (Å²) in [5.41, 5.74) is 1.73. The van der Waals surface area contributed by atoms with Crippen molar-refractivity contribution in [2.45, 2.75) is 0 Å². The van der Waals surface area contributed by atoms with Gasteiger partial charge in [-0.15, -0.1) is 0 Å². The SMILES string of the molecule is CN(C)CCN(C)c1nc(-c2cccnc2)nc2c1cnn2C. The van der Waals surface area contributed by atoms with Gasteiger partial charge in [-0.25, -0.2) is 9.97 Å². The van der Waals surface area contributed by atoms with Crippen LogP contribution in [0.15, 0.2) is 30.7 Å². The van der Waals surface area contributed by atoms with Crippen molar-refractivity contribution in [3.05, 3.63) is 30.7 Å². The Bertz CT molecular complexity index is 795. The fourth-order valence-electron chi connectivity index (χ4n) is 2.38. The molecule has 0 unspecified atom stereocenters. The maximum atomic E-state index is 4.77. The van der Waals surface area contributed by atoms with Crippen LogP contribution < -0.4 is 4.90 Å². The standard InChI is InChI=1S/C16H21N7/c1-21(2)8-9-22(3)15-13-11-18-23(4)16(13)20-14(19-15)12-6-5-7-17-10-12/h5-7,10-11H,8-9H2,1-4H3. The summed E-state index contributed by atoms with van der Waals surface area (Å²) < 4.78 is 1.78. The van der Waals surface area contributed by atoms with Crippen molar-refractivity contribution in [2.75, 3.05) is 39.1 Å². The number of likely N-dealkylation sites (N-methyl/N-ethyl adjacent to an activating group) is 2. The monoisotopic (exact) mass is 311 g/mol. The summed E-state index contributed by atoms with van der Waals surface area (Å²) in [6.07, 6.45) is 5.35. The third-order valence-corrected chi connectivity index (χ3v) is 3.74. The fraction of sp³-hybridized carbons (Fsp3) is 0.375. The number of hydrogen-bond donors (Lipinski definition) is 0. The quantitative estimate of drug-likeness (QED) is 0.710. The van der Waals surface area contributed by atoms with Gasteiger partial charge in [-0.1, -0.05) is 0 Å². The summed E-state index contributed by atoms with van der Waals surface area (Å²) in [5, 5.41) is 5.29. The Labute approximate surface area is 135 Å². The molecule has 3 aromatic heterocycles. The first-order valence-electron chi connectivity index (χ1n) is 7.52. The lowest BCUT2D eigenvalue weighted by atomic mass is 10.2. The van der Waals surface area contributed by atoms with Crippen molar-refractivity contribution in [3.63, 3.8) is 0 Å². The van der Waals surface area contributed by atoms with Crippen LogP contribution in [0.2, 0.25) is 0 Å². The van der Waals surface area contributed by atoms with Crippen molar-refractivity contribution in [1.82, 2.24) is 29.6 Å². The Kier molecular flexibility index (Phi) is 4.20. The first-order valence-corrected chi connectivity index (χ1v) is 7.52. The van der Waals surface area contributed by atoms with E-state index in [9.17, 15) is 0 Å². The molecule has 0 radical (unpaired) electrons. The number of pyridine rings is 1. The van der Waals surface area contributed by atoms with Gasteiger partial charge in [0, 0.05) is 45.1 Å². The zero-order chi connectivity index (χ0) is 16.4. The molecule has 23 heavy (non-hydrogen) atoms. The summed E-state index contributed by atoms with van der Waals surface area (Å²) in [5.74, 6) is 1.56. The lowest BCUT2D eigenvalue weighted by Gasteiger charge is -2.21. The Morgan fingerprint density at radius 2 is 1.91 bits per heavy atom. The predicted molar refractivity (Wildman–Crippen MR) is 91.4 cm³/mol. The second-order valence-electron chi connectivity index (χ2n) is 5.84. The third-order valence-electron chi connectivity index (χ3n) is 3.74. The molecule has 120 valence electrons. The van der Waals surface area contributed by atoms with Crippen LogP contribution in [0.1, 0.15) is 0 Å². The average Bonchev–Trinajstić information content (AvgIpc) is 2.94. The Morgan fingerprint density at radius 1 is 1.09 bits per heavy atom. The first-order chi connectivity index (χ1) is 11.1. The van der Waals surface area contributed by atoms with Gasteiger partial charge < -0.3 is 9.80 Å². The second-order valence-corrected chi connectivity index (χ2v) is 5.84.